The van der Waals surface area contributed by atoms with E-state index >= 15 is 0 Å². The van der Waals surface area contributed by atoms with Crippen LogP contribution in [0.1, 0.15) is 232 Å². The Hall–Kier alpha value is -3.33. The normalized spacial score (nSPS) is 14.1. The lowest BCUT2D eigenvalue weighted by Gasteiger charge is -2.28. The van der Waals surface area contributed by atoms with Gasteiger partial charge in [0.25, 0.3) is 7.82 Å². The molecule has 0 aliphatic carbocycles. The van der Waals surface area contributed by atoms with Crippen LogP contribution in [0.3, 0.4) is 0 Å². The maximum atomic E-state index is 12.8. The quantitative estimate of drug-likeness (QED) is 0.0195. The van der Waals surface area contributed by atoms with E-state index in [1.807, 2.05) is 21.1 Å². The number of likely N-dealkylation sites (N-methyl/N-ethyl adjacent to an activating group) is 1. The van der Waals surface area contributed by atoms with Gasteiger partial charge in [-0.2, -0.15) is 0 Å². The van der Waals surface area contributed by atoms with E-state index in [0.717, 1.165) is 103 Å². The smallest absolute Gasteiger partial charge is 0.306 e. The van der Waals surface area contributed by atoms with Crippen LogP contribution in [0.25, 0.3) is 0 Å². The minimum Gasteiger partial charge on any atom is -0.756 e. The third-order valence-corrected chi connectivity index (χ3v) is 13.3. The van der Waals surface area contributed by atoms with Gasteiger partial charge >= 0.3 is 11.9 Å². The fraction of sp³-hybridized carbons (Fsp3) is 0.688. The van der Waals surface area contributed by atoms with Gasteiger partial charge in [0.15, 0.2) is 6.10 Å². The molecule has 0 amide bonds. The number of hydrogen-bond donors (Lipinski definition) is 0. The zero-order valence-corrected chi connectivity index (χ0v) is 48.9. The lowest BCUT2D eigenvalue weighted by atomic mass is 10.0. The highest BCUT2D eigenvalue weighted by Gasteiger charge is 2.22. The molecule has 9 nitrogen and oxygen atoms in total. The predicted molar refractivity (Wildman–Crippen MR) is 314 cm³/mol. The van der Waals surface area contributed by atoms with E-state index in [1.54, 1.807) is 0 Å². The molecule has 0 saturated heterocycles. The van der Waals surface area contributed by atoms with Gasteiger partial charge in [0.05, 0.1) is 27.7 Å². The Balaban J connectivity index is 4.11. The maximum absolute atomic E-state index is 12.8. The SMILES string of the molecule is CC/C=C\C/C=C\C/C=C\C/C=C\C/C=C\C/C=C\C/C=C\C/C=C\C/C=C\CCCCCCCCCCCC(=O)OC(COC(=O)CCCCCCCCCCCCCCC)COP(=O)([O-])OCC[N+](C)(C)C. The average molecular weight is 1050 g/mol. The highest BCUT2D eigenvalue weighted by Crippen LogP contribution is 2.38. The molecule has 0 fully saturated rings. The van der Waals surface area contributed by atoms with Crippen molar-refractivity contribution in [2.24, 2.45) is 0 Å². The number of carbonyl (C=O) groups excluding carboxylic acids is 2. The van der Waals surface area contributed by atoms with E-state index in [1.165, 1.54) is 96.3 Å². The molecule has 2 unspecified atom stereocenters. The molecule has 0 bridgehead atoms. The first-order valence-electron chi connectivity index (χ1n) is 29.6. The molecular weight excluding hydrogens is 942 g/mol. The van der Waals surface area contributed by atoms with E-state index < -0.39 is 26.5 Å². The molecule has 2 atom stereocenters. The molecule has 424 valence electrons. The number of esters is 2. The van der Waals surface area contributed by atoms with E-state index in [0.29, 0.717) is 17.4 Å². The Kier molecular flexibility index (Phi) is 52.0. The molecule has 0 aromatic carbocycles. The lowest BCUT2D eigenvalue weighted by Crippen LogP contribution is -2.37. The van der Waals surface area contributed by atoms with Crippen molar-refractivity contribution in [1.29, 1.82) is 0 Å². The van der Waals surface area contributed by atoms with Crippen LogP contribution in [0.5, 0.6) is 0 Å². The van der Waals surface area contributed by atoms with Gasteiger partial charge in [-0.3, -0.25) is 14.2 Å². The molecule has 0 aliphatic heterocycles. The number of phosphoric ester groups is 1. The Morgan fingerprint density at radius 1 is 0.432 bits per heavy atom. The van der Waals surface area contributed by atoms with Crippen LogP contribution in [-0.4, -0.2) is 70.0 Å². The number of hydrogen-bond acceptors (Lipinski definition) is 8. The summed E-state index contributed by atoms with van der Waals surface area (Å²) >= 11 is 0. The van der Waals surface area contributed by atoms with Gasteiger partial charge in [0.1, 0.15) is 19.8 Å². The third-order valence-electron chi connectivity index (χ3n) is 12.3. The first-order valence-corrected chi connectivity index (χ1v) is 31.1. The summed E-state index contributed by atoms with van der Waals surface area (Å²) in [6.07, 6.45) is 75.7. The molecular formula is C64H110NO8P. The first kappa shape index (κ1) is 70.7. The monoisotopic (exact) mass is 1050 g/mol. The van der Waals surface area contributed by atoms with Crippen molar-refractivity contribution >= 4 is 19.8 Å². The van der Waals surface area contributed by atoms with E-state index in [-0.39, 0.29) is 32.0 Å². The molecule has 0 aromatic rings. The summed E-state index contributed by atoms with van der Waals surface area (Å²) in [5, 5.41) is 0. The van der Waals surface area contributed by atoms with Crippen LogP contribution >= 0.6 is 7.82 Å². The van der Waals surface area contributed by atoms with E-state index in [2.05, 4.69) is 123 Å². The van der Waals surface area contributed by atoms with Crippen molar-refractivity contribution in [2.45, 2.75) is 238 Å². The van der Waals surface area contributed by atoms with Crippen molar-refractivity contribution in [1.82, 2.24) is 0 Å². The van der Waals surface area contributed by atoms with Crippen LogP contribution in [0.4, 0.5) is 0 Å². The molecule has 0 aromatic heterocycles. The molecule has 0 saturated carbocycles. The second-order valence-corrected chi connectivity index (χ2v) is 22.0. The first-order chi connectivity index (χ1) is 36.0. The maximum Gasteiger partial charge on any atom is 0.306 e. The number of nitrogens with zero attached hydrogens (tertiary/aromatic N) is 1. The van der Waals surface area contributed by atoms with Crippen molar-refractivity contribution in [3.8, 4) is 0 Å². The van der Waals surface area contributed by atoms with Crippen molar-refractivity contribution in [3.05, 3.63) is 109 Å². The second-order valence-electron chi connectivity index (χ2n) is 20.6. The summed E-state index contributed by atoms with van der Waals surface area (Å²) in [4.78, 5) is 37.8. The van der Waals surface area contributed by atoms with Crippen LogP contribution in [-0.2, 0) is 32.7 Å². The number of allylic oxidation sites excluding steroid dienone is 18. The van der Waals surface area contributed by atoms with Gasteiger partial charge in [-0.1, -0.05) is 245 Å². The summed E-state index contributed by atoms with van der Waals surface area (Å²) in [6.45, 7) is 4.11. The Labute approximate surface area is 455 Å². The molecule has 0 rings (SSSR count). The highest BCUT2D eigenvalue weighted by atomic mass is 31.2. The number of rotatable bonds is 53. The van der Waals surface area contributed by atoms with Gasteiger partial charge in [0.2, 0.25) is 0 Å². The molecule has 0 spiro atoms. The Morgan fingerprint density at radius 3 is 1.15 bits per heavy atom. The second kappa shape index (κ2) is 54.5. The fourth-order valence-electron chi connectivity index (χ4n) is 7.77. The van der Waals surface area contributed by atoms with Gasteiger partial charge in [-0.25, -0.2) is 0 Å². The number of carbonyl (C=O) groups is 2. The van der Waals surface area contributed by atoms with Crippen molar-refractivity contribution in [3.63, 3.8) is 0 Å². The number of unbranched alkanes of at least 4 members (excludes halogenated alkanes) is 21. The highest BCUT2D eigenvalue weighted by molar-refractivity contribution is 7.45. The molecule has 0 radical (unpaired) electrons. The summed E-state index contributed by atoms with van der Waals surface area (Å²) in [5.74, 6) is -0.842. The zero-order valence-electron chi connectivity index (χ0n) is 48.0. The molecule has 0 aliphatic rings. The van der Waals surface area contributed by atoms with Gasteiger partial charge in [0, 0.05) is 12.8 Å². The number of phosphoric acid groups is 1. The van der Waals surface area contributed by atoms with Gasteiger partial charge in [-0.15, -0.1) is 0 Å². The summed E-state index contributed by atoms with van der Waals surface area (Å²) in [5.41, 5.74) is 0. The van der Waals surface area contributed by atoms with Crippen LogP contribution in [0.15, 0.2) is 109 Å². The fourth-order valence-corrected chi connectivity index (χ4v) is 8.49. The molecule has 10 heteroatoms. The molecule has 0 N–H and O–H groups in total. The van der Waals surface area contributed by atoms with Crippen LogP contribution in [0.2, 0.25) is 0 Å². The summed E-state index contributed by atoms with van der Waals surface area (Å²) < 4.78 is 34.1. The Morgan fingerprint density at radius 2 is 0.770 bits per heavy atom. The van der Waals surface area contributed by atoms with Gasteiger partial charge in [-0.05, 0) is 83.5 Å². The number of ether oxygens (including phenoxy) is 2. The molecule has 0 heterocycles. The summed E-state index contributed by atoms with van der Waals surface area (Å²) in [6, 6.07) is 0. The standard InChI is InChI=1S/C64H110NO8P/c1-6-8-10-12-14-16-18-20-21-22-23-24-25-26-27-28-29-30-31-32-33-34-35-36-37-38-39-40-41-42-43-45-47-49-51-53-55-57-64(67)73-62(61-72-74(68,69)71-59-58-65(3,4)5)60-70-63(66)56-54-52-50-48-46-44-19-17-15-13-11-9-7-2/h8,10,14,16,20-21,23-24,26-27,29-30,32-33,35-36,38-39,62H,6-7,9,11-13,15,17-19,22,25,28,31,34,37,40-61H2,1-5H3/b10-8-,16-14-,21-20-,24-23-,27-26-,30-29-,33-32-,36-35-,39-38-. The van der Waals surface area contributed by atoms with Crippen molar-refractivity contribution in [2.75, 3.05) is 47.5 Å². The van der Waals surface area contributed by atoms with E-state index in [4.69, 9.17) is 18.5 Å². The van der Waals surface area contributed by atoms with E-state index in [9.17, 15) is 19.0 Å². The third kappa shape index (κ3) is 57.9. The van der Waals surface area contributed by atoms with Crippen LogP contribution in [0, 0.1) is 0 Å². The zero-order chi connectivity index (χ0) is 54.2. The van der Waals surface area contributed by atoms with Crippen LogP contribution < -0.4 is 4.89 Å². The topological polar surface area (TPSA) is 111 Å². The average Bonchev–Trinajstić information content (AvgIpc) is 3.36. The van der Waals surface area contributed by atoms with Crippen molar-refractivity contribution < 1.29 is 42.1 Å². The minimum absolute atomic E-state index is 0.0355. The largest absolute Gasteiger partial charge is 0.756 e. The molecule has 74 heavy (non-hydrogen) atoms. The van der Waals surface area contributed by atoms with Gasteiger partial charge < -0.3 is 27.9 Å². The Bertz CT molecular complexity index is 1620. The summed E-state index contributed by atoms with van der Waals surface area (Å²) in [7, 11) is 1.15. The number of quaternary nitrogens is 1. The minimum atomic E-state index is -4.64. The predicted octanol–water partition coefficient (Wildman–Crippen LogP) is 18.0. The lowest BCUT2D eigenvalue weighted by molar-refractivity contribution is -0.870.